The topological polar surface area (TPSA) is 50.4 Å². The van der Waals surface area contributed by atoms with Crippen LogP contribution in [0, 0.1) is 6.92 Å². The van der Waals surface area contributed by atoms with E-state index >= 15 is 0 Å². The van der Waals surface area contributed by atoms with Crippen LogP contribution < -0.4 is 5.63 Å². The first-order valence-corrected chi connectivity index (χ1v) is 7.36. The molecule has 0 amide bonds. The Bertz CT molecular complexity index is 898. The van der Waals surface area contributed by atoms with Crippen molar-refractivity contribution in [2.75, 3.05) is 0 Å². The van der Waals surface area contributed by atoms with Gasteiger partial charge in [0.15, 0.2) is 5.58 Å². The van der Waals surface area contributed by atoms with Gasteiger partial charge in [-0.25, -0.2) is 4.79 Å². The van der Waals surface area contributed by atoms with Crippen LogP contribution in [0.4, 0.5) is 0 Å². The lowest BCUT2D eigenvalue weighted by atomic mass is 9.99. The highest BCUT2D eigenvalue weighted by molar-refractivity contribution is 9.10. The Labute approximate surface area is 133 Å². The van der Waals surface area contributed by atoms with Gasteiger partial charge in [-0.3, -0.25) is 0 Å². The summed E-state index contributed by atoms with van der Waals surface area (Å²) in [6.45, 7) is 1.85. The van der Waals surface area contributed by atoms with E-state index in [0.717, 1.165) is 10.9 Å². The van der Waals surface area contributed by atoms with E-state index in [0.29, 0.717) is 26.2 Å². The lowest BCUT2D eigenvalue weighted by Crippen LogP contribution is -2.06. The number of phenolic OH excluding ortho intramolecular Hbond substituents is 1. The van der Waals surface area contributed by atoms with E-state index in [-0.39, 0.29) is 5.75 Å². The summed E-state index contributed by atoms with van der Waals surface area (Å²) in [5.41, 5.74) is 2.00. The average molecular weight is 366 g/mol. The molecule has 3 aromatic rings. The molecule has 21 heavy (non-hydrogen) atoms. The average Bonchev–Trinajstić information content (AvgIpc) is 2.42. The van der Waals surface area contributed by atoms with Gasteiger partial charge in [0.2, 0.25) is 0 Å². The molecular weight excluding hydrogens is 356 g/mol. The second-order valence-corrected chi connectivity index (χ2v) is 5.99. The SMILES string of the molecule is Cc1c(-c2ccc(O)cc2)c(=O)oc2c(Br)cc(Cl)cc12. The summed E-state index contributed by atoms with van der Waals surface area (Å²) >= 11 is 9.43. The lowest BCUT2D eigenvalue weighted by molar-refractivity contribution is 0.475. The molecule has 1 N–H and O–H groups in total. The fraction of sp³-hybridized carbons (Fsp3) is 0.0625. The Balaban J connectivity index is 2.39. The molecule has 0 aliphatic rings. The van der Waals surface area contributed by atoms with Crippen LogP contribution in [0.5, 0.6) is 5.75 Å². The monoisotopic (exact) mass is 364 g/mol. The highest BCUT2D eigenvalue weighted by atomic mass is 79.9. The molecule has 0 aliphatic heterocycles. The summed E-state index contributed by atoms with van der Waals surface area (Å²) in [6, 6.07) is 9.88. The Morgan fingerprint density at radius 3 is 2.52 bits per heavy atom. The maximum atomic E-state index is 12.3. The second kappa shape index (κ2) is 5.20. The van der Waals surface area contributed by atoms with E-state index in [1.54, 1.807) is 24.3 Å². The van der Waals surface area contributed by atoms with Gasteiger partial charge >= 0.3 is 5.63 Å². The summed E-state index contributed by atoms with van der Waals surface area (Å²) in [7, 11) is 0. The van der Waals surface area contributed by atoms with Gasteiger partial charge in [0.05, 0.1) is 10.0 Å². The van der Waals surface area contributed by atoms with Crippen molar-refractivity contribution in [3.05, 3.63) is 61.9 Å². The molecule has 0 radical (unpaired) electrons. The molecule has 3 nitrogen and oxygen atoms in total. The van der Waals surface area contributed by atoms with Gasteiger partial charge in [-0.2, -0.15) is 0 Å². The number of benzene rings is 2. The molecule has 1 heterocycles. The van der Waals surface area contributed by atoms with E-state index in [1.807, 2.05) is 6.92 Å². The molecule has 0 bridgehead atoms. The van der Waals surface area contributed by atoms with Gasteiger partial charge in [0.1, 0.15) is 5.75 Å². The number of phenols is 1. The van der Waals surface area contributed by atoms with Crippen LogP contribution in [-0.4, -0.2) is 5.11 Å². The number of halogens is 2. The summed E-state index contributed by atoms with van der Waals surface area (Å²) in [5, 5.41) is 10.7. The first kappa shape index (κ1) is 14.2. The first-order valence-electron chi connectivity index (χ1n) is 6.19. The van der Waals surface area contributed by atoms with Gasteiger partial charge in [0.25, 0.3) is 0 Å². The van der Waals surface area contributed by atoms with Gasteiger partial charge in [0, 0.05) is 10.4 Å². The molecule has 0 unspecified atom stereocenters. The number of aromatic hydroxyl groups is 1. The molecule has 0 spiro atoms. The Hall–Kier alpha value is -1.78. The number of hydrogen-bond donors (Lipinski definition) is 1. The fourth-order valence-electron chi connectivity index (χ4n) is 2.34. The molecule has 0 fully saturated rings. The second-order valence-electron chi connectivity index (χ2n) is 4.70. The highest BCUT2D eigenvalue weighted by Crippen LogP contribution is 2.33. The Morgan fingerprint density at radius 2 is 1.86 bits per heavy atom. The zero-order valence-electron chi connectivity index (χ0n) is 11.0. The Kier molecular flexibility index (Phi) is 3.51. The van der Waals surface area contributed by atoms with Gasteiger partial charge < -0.3 is 9.52 Å². The van der Waals surface area contributed by atoms with Crippen LogP contribution in [0.15, 0.2) is 50.1 Å². The third-order valence-electron chi connectivity index (χ3n) is 3.34. The maximum Gasteiger partial charge on any atom is 0.344 e. The molecule has 0 saturated heterocycles. The lowest BCUT2D eigenvalue weighted by Gasteiger charge is -2.09. The van der Waals surface area contributed by atoms with Crippen molar-refractivity contribution in [3.63, 3.8) is 0 Å². The molecule has 0 atom stereocenters. The van der Waals surface area contributed by atoms with Crippen LogP contribution in [0.3, 0.4) is 0 Å². The van der Waals surface area contributed by atoms with Gasteiger partial charge in [-0.1, -0.05) is 23.7 Å². The van der Waals surface area contributed by atoms with Crippen molar-refractivity contribution in [1.82, 2.24) is 0 Å². The zero-order chi connectivity index (χ0) is 15.1. The molecule has 106 valence electrons. The van der Waals surface area contributed by atoms with Gasteiger partial charge in [-0.15, -0.1) is 0 Å². The largest absolute Gasteiger partial charge is 0.508 e. The van der Waals surface area contributed by atoms with E-state index < -0.39 is 5.63 Å². The fourth-order valence-corrected chi connectivity index (χ4v) is 3.23. The molecule has 3 rings (SSSR count). The van der Waals surface area contributed by atoms with Crippen LogP contribution in [-0.2, 0) is 0 Å². The van der Waals surface area contributed by atoms with E-state index in [4.69, 9.17) is 16.0 Å². The van der Waals surface area contributed by atoms with Crippen LogP contribution in [0.25, 0.3) is 22.1 Å². The van der Waals surface area contributed by atoms with Gasteiger partial charge in [-0.05, 0) is 58.2 Å². The van der Waals surface area contributed by atoms with Crippen LogP contribution in [0.1, 0.15) is 5.56 Å². The van der Waals surface area contributed by atoms with Crippen molar-refractivity contribution in [2.24, 2.45) is 0 Å². The minimum atomic E-state index is -0.422. The third kappa shape index (κ3) is 2.45. The van der Waals surface area contributed by atoms with E-state index in [9.17, 15) is 9.90 Å². The minimum absolute atomic E-state index is 0.146. The quantitative estimate of drug-likeness (QED) is 0.625. The zero-order valence-corrected chi connectivity index (χ0v) is 13.3. The normalized spacial score (nSPS) is 11.0. The number of rotatable bonds is 1. The van der Waals surface area contributed by atoms with E-state index in [1.165, 1.54) is 12.1 Å². The summed E-state index contributed by atoms with van der Waals surface area (Å²) in [5.74, 6) is 0.146. The predicted octanol–water partition coefficient (Wildman–Crippen LogP) is 4.89. The number of hydrogen-bond acceptors (Lipinski definition) is 3. The smallest absolute Gasteiger partial charge is 0.344 e. The van der Waals surface area contributed by atoms with Crippen molar-refractivity contribution in [1.29, 1.82) is 0 Å². The van der Waals surface area contributed by atoms with Crippen molar-refractivity contribution in [2.45, 2.75) is 6.92 Å². The standard InChI is InChI=1S/C16H10BrClO3/c1-8-12-6-10(18)7-13(17)15(12)21-16(20)14(8)9-2-4-11(19)5-3-9/h2-7,19H,1H3. The maximum absolute atomic E-state index is 12.3. The molecule has 0 saturated carbocycles. The van der Waals surface area contributed by atoms with Crippen LogP contribution in [0.2, 0.25) is 5.02 Å². The predicted molar refractivity (Wildman–Crippen MR) is 87.0 cm³/mol. The minimum Gasteiger partial charge on any atom is -0.508 e. The Morgan fingerprint density at radius 1 is 1.19 bits per heavy atom. The molecule has 5 heteroatoms. The first-order chi connectivity index (χ1) is 9.97. The van der Waals surface area contributed by atoms with E-state index in [2.05, 4.69) is 15.9 Å². The van der Waals surface area contributed by atoms with Crippen LogP contribution >= 0.6 is 27.5 Å². The third-order valence-corrected chi connectivity index (χ3v) is 4.15. The molecule has 1 aromatic heterocycles. The summed E-state index contributed by atoms with van der Waals surface area (Å²) < 4.78 is 6.06. The van der Waals surface area contributed by atoms with Crippen molar-refractivity contribution >= 4 is 38.5 Å². The molecule has 0 aliphatic carbocycles. The van der Waals surface area contributed by atoms with Crippen molar-refractivity contribution < 1.29 is 9.52 Å². The molecular formula is C16H10BrClO3. The summed E-state index contributed by atoms with van der Waals surface area (Å²) in [4.78, 5) is 12.3. The van der Waals surface area contributed by atoms with Crippen molar-refractivity contribution in [3.8, 4) is 16.9 Å². The molecule has 2 aromatic carbocycles. The number of aryl methyl sites for hydroxylation is 1. The summed E-state index contributed by atoms with van der Waals surface area (Å²) in [6.07, 6.45) is 0. The highest BCUT2D eigenvalue weighted by Gasteiger charge is 2.15. The number of fused-ring (bicyclic) bond motifs is 1.